The lowest BCUT2D eigenvalue weighted by Crippen LogP contribution is -2.60. The molecule has 1 saturated carbocycles. The average molecular weight is 410 g/mol. The lowest BCUT2D eigenvalue weighted by Gasteiger charge is -2.48. The third-order valence-electron chi connectivity index (χ3n) is 7.14. The van der Waals surface area contributed by atoms with Gasteiger partial charge in [-0.2, -0.15) is 0 Å². The number of unbranched alkanes of at least 4 members (excludes halogenated alkanes) is 1. The molecule has 0 radical (unpaired) electrons. The molecular formula is C22H43N5O2. The largest absolute Gasteiger partial charge is 0.379 e. The molecule has 2 N–H and O–H groups in total. The van der Waals surface area contributed by atoms with Crippen molar-refractivity contribution in [2.75, 3.05) is 78.7 Å². The number of rotatable bonds is 9. The van der Waals surface area contributed by atoms with Gasteiger partial charge in [0.1, 0.15) is 0 Å². The minimum atomic E-state index is -0.000215. The summed E-state index contributed by atoms with van der Waals surface area (Å²) in [7, 11) is 0. The van der Waals surface area contributed by atoms with Crippen LogP contribution in [0.3, 0.4) is 0 Å². The van der Waals surface area contributed by atoms with Gasteiger partial charge in [-0.15, -0.1) is 0 Å². The van der Waals surface area contributed by atoms with Gasteiger partial charge < -0.3 is 25.2 Å². The van der Waals surface area contributed by atoms with E-state index in [0.29, 0.717) is 0 Å². The standard InChI is InChI=1S/C22H43N5O2/c1-2-25-12-14-26(15-13-25)11-7-6-10-23-21(28)24-20-22(8-4-3-5-9-22)27-16-18-29-19-17-27/h2-20H2,1H3,(H2,23,24,28). The Bertz CT molecular complexity index is 470. The third kappa shape index (κ3) is 7.09. The zero-order chi connectivity index (χ0) is 20.4. The summed E-state index contributed by atoms with van der Waals surface area (Å²) in [5, 5.41) is 6.27. The maximum atomic E-state index is 12.4. The van der Waals surface area contributed by atoms with E-state index < -0.39 is 0 Å². The maximum absolute atomic E-state index is 12.4. The van der Waals surface area contributed by atoms with E-state index in [1.807, 2.05) is 0 Å². The number of nitrogens with one attached hydrogen (secondary N) is 2. The van der Waals surface area contributed by atoms with Crippen LogP contribution in [0.15, 0.2) is 0 Å². The first-order chi connectivity index (χ1) is 14.2. The molecule has 0 unspecified atom stereocenters. The summed E-state index contributed by atoms with van der Waals surface area (Å²) in [6, 6.07) is -0.000215. The molecule has 2 amide bonds. The zero-order valence-electron chi connectivity index (χ0n) is 18.6. The second-order valence-corrected chi connectivity index (χ2v) is 8.98. The highest BCUT2D eigenvalue weighted by molar-refractivity contribution is 5.73. The van der Waals surface area contributed by atoms with Crippen molar-refractivity contribution in [1.82, 2.24) is 25.3 Å². The van der Waals surface area contributed by atoms with E-state index in [-0.39, 0.29) is 11.6 Å². The Labute approximate surface area is 177 Å². The number of hydrogen-bond donors (Lipinski definition) is 2. The average Bonchev–Trinajstić information content (AvgIpc) is 2.79. The van der Waals surface area contributed by atoms with Gasteiger partial charge in [0.05, 0.1) is 13.2 Å². The van der Waals surface area contributed by atoms with E-state index in [4.69, 9.17) is 4.74 Å². The first-order valence-electron chi connectivity index (χ1n) is 12.0. The molecule has 29 heavy (non-hydrogen) atoms. The van der Waals surface area contributed by atoms with Crippen molar-refractivity contribution in [2.24, 2.45) is 0 Å². The molecule has 3 aliphatic rings. The number of likely N-dealkylation sites (N-methyl/N-ethyl adjacent to an activating group) is 1. The van der Waals surface area contributed by atoms with Crippen molar-refractivity contribution in [2.45, 2.75) is 57.4 Å². The lowest BCUT2D eigenvalue weighted by molar-refractivity contribution is -0.0357. The first kappa shape index (κ1) is 22.8. The second kappa shape index (κ2) is 12.1. The molecule has 0 atom stereocenters. The molecule has 3 rings (SSSR count). The van der Waals surface area contributed by atoms with Gasteiger partial charge in [-0.1, -0.05) is 26.2 Å². The molecule has 0 bridgehead atoms. The highest BCUT2D eigenvalue weighted by Crippen LogP contribution is 2.33. The molecule has 0 aromatic rings. The summed E-state index contributed by atoms with van der Waals surface area (Å²) in [5.41, 5.74) is 0.139. The molecule has 168 valence electrons. The third-order valence-corrected chi connectivity index (χ3v) is 7.14. The maximum Gasteiger partial charge on any atom is 0.314 e. The number of ether oxygens (including phenoxy) is 1. The highest BCUT2D eigenvalue weighted by atomic mass is 16.5. The minimum absolute atomic E-state index is 0.000215. The van der Waals surface area contributed by atoms with Crippen molar-refractivity contribution in [3.63, 3.8) is 0 Å². The van der Waals surface area contributed by atoms with Crippen molar-refractivity contribution >= 4 is 6.03 Å². The summed E-state index contributed by atoms with van der Waals surface area (Å²) >= 11 is 0. The molecule has 1 aliphatic carbocycles. The van der Waals surface area contributed by atoms with Crippen molar-refractivity contribution < 1.29 is 9.53 Å². The molecule has 7 heteroatoms. The van der Waals surface area contributed by atoms with Crippen LogP contribution < -0.4 is 10.6 Å². The van der Waals surface area contributed by atoms with Crippen LogP contribution in [0.2, 0.25) is 0 Å². The van der Waals surface area contributed by atoms with Gasteiger partial charge in [-0.05, 0) is 38.8 Å². The summed E-state index contributed by atoms with van der Waals surface area (Å²) in [5.74, 6) is 0. The van der Waals surface area contributed by atoms with Crippen LogP contribution >= 0.6 is 0 Å². The molecule has 2 heterocycles. The molecule has 0 aromatic heterocycles. The summed E-state index contributed by atoms with van der Waals surface area (Å²) in [6.45, 7) is 14.5. The van der Waals surface area contributed by atoms with Crippen molar-refractivity contribution in [1.29, 1.82) is 0 Å². The number of amides is 2. The number of carbonyl (C=O) groups is 1. The Morgan fingerprint density at radius 1 is 0.897 bits per heavy atom. The molecule has 0 spiro atoms. The van der Waals surface area contributed by atoms with E-state index >= 15 is 0 Å². The predicted molar refractivity (Wildman–Crippen MR) is 117 cm³/mol. The SMILES string of the molecule is CCN1CCN(CCCCNC(=O)NCC2(N3CCOCC3)CCCCC2)CC1. The topological polar surface area (TPSA) is 60.1 Å². The fourth-order valence-electron chi connectivity index (χ4n) is 5.15. The Kier molecular flexibility index (Phi) is 9.49. The normalized spacial score (nSPS) is 24.3. The van der Waals surface area contributed by atoms with Crippen LogP contribution in [-0.2, 0) is 4.74 Å². The number of piperazine rings is 1. The summed E-state index contributed by atoms with van der Waals surface area (Å²) in [4.78, 5) is 20.0. The lowest BCUT2D eigenvalue weighted by atomic mass is 9.80. The van der Waals surface area contributed by atoms with Crippen LogP contribution in [0.4, 0.5) is 4.79 Å². The number of hydrogen-bond acceptors (Lipinski definition) is 5. The predicted octanol–water partition coefficient (Wildman–Crippen LogP) is 1.74. The van der Waals surface area contributed by atoms with E-state index in [2.05, 4.69) is 32.3 Å². The fourth-order valence-corrected chi connectivity index (χ4v) is 5.15. The van der Waals surface area contributed by atoms with E-state index in [1.54, 1.807) is 0 Å². The van der Waals surface area contributed by atoms with E-state index in [0.717, 1.165) is 58.8 Å². The van der Waals surface area contributed by atoms with Gasteiger partial charge in [-0.3, -0.25) is 4.90 Å². The van der Waals surface area contributed by atoms with Gasteiger partial charge in [-0.25, -0.2) is 4.79 Å². The van der Waals surface area contributed by atoms with Crippen molar-refractivity contribution in [3.8, 4) is 0 Å². The quantitative estimate of drug-likeness (QED) is 0.568. The molecular weight excluding hydrogens is 366 g/mol. The van der Waals surface area contributed by atoms with Crippen LogP contribution in [0, 0.1) is 0 Å². The Morgan fingerprint density at radius 2 is 1.59 bits per heavy atom. The van der Waals surface area contributed by atoms with Crippen LogP contribution in [0.25, 0.3) is 0 Å². The molecule has 0 aromatic carbocycles. The Hall–Kier alpha value is -0.890. The number of morpholine rings is 1. The smallest absolute Gasteiger partial charge is 0.314 e. The Balaban J connectivity index is 1.29. The summed E-state index contributed by atoms with van der Waals surface area (Å²) in [6.07, 6.45) is 8.46. The molecule has 2 aliphatic heterocycles. The van der Waals surface area contributed by atoms with Gasteiger partial charge in [0.25, 0.3) is 0 Å². The molecule has 3 fully saturated rings. The van der Waals surface area contributed by atoms with Gasteiger partial charge in [0, 0.05) is 57.9 Å². The Morgan fingerprint density at radius 3 is 2.28 bits per heavy atom. The van der Waals surface area contributed by atoms with Gasteiger partial charge >= 0.3 is 6.03 Å². The minimum Gasteiger partial charge on any atom is -0.379 e. The number of urea groups is 1. The second-order valence-electron chi connectivity index (χ2n) is 8.98. The number of carbonyl (C=O) groups excluding carboxylic acids is 1. The molecule has 2 saturated heterocycles. The van der Waals surface area contributed by atoms with Crippen LogP contribution in [-0.4, -0.2) is 105 Å². The summed E-state index contributed by atoms with van der Waals surface area (Å²) < 4.78 is 5.54. The molecule has 7 nitrogen and oxygen atoms in total. The number of nitrogens with zero attached hydrogens (tertiary/aromatic N) is 3. The monoisotopic (exact) mass is 409 g/mol. The van der Waals surface area contributed by atoms with Crippen molar-refractivity contribution in [3.05, 3.63) is 0 Å². The van der Waals surface area contributed by atoms with Crippen LogP contribution in [0.1, 0.15) is 51.9 Å². The van der Waals surface area contributed by atoms with Gasteiger partial charge in [0.2, 0.25) is 0 Å². The zero-order valence-corrected chi connectivity index (χ0v) is 18.6. The first-order valence-corrected chi connectivity index (χ1v) is 12.0. The highest BCUT2D eigenvalue weighted by Gasteiger charge is 2.38. The fraction of sp³-hybridized carbons (Fsp3) is 0.955. The van der Waals surface area contributed by atoms with Gasteiger partial charge in [0.15, 0.2) is 0 Å². The van der Waals surface area contributed by atoms with E-state index in [1.165, 1.54) is 64.8 Å². The van der Waals surface area contributed by atoms with Crippen LogP contribution in [0.5, 0.6) is 0 Å². The van der Waals surface area contributed by atoms with E-state index in [9.17, 15) is 4.79 Å².